The average molecular weight is 395 g/mol. The van der Waals surface area contributed by atoms with Crippen LogP contribution in [0.15, 0.2) is 53.3 Å². The number of benzene rings is 2. The number of phenolic OH excluding ortho intramolecular Hbond substituents is 1. The molecular formula is C21H21N3O5. The number of rotatable bonds is 5. The smallest absolute Gasteiger partial charge is 0.342 e. The number of aromatic nitrogens is 2. The average Bonchev–Trinajstić information content (AvgIpc) is 2.92. The van der Waals surface area contributed by atoms with Crippen molar-refractivity contribution in [2.45, 2.75) is 13.8 Å². The Morgan fingerprint density at radius 3 is 2.45 bits per heavy atom. The lowest BCUT2D eigenvalue weighted by Crippen LogP contribution is -2.25. The number of hydrogen-bond acceptors (Lipinski definition) is 5. The minimum Gasteiger partial charge on any atom is -0.507 e. The van der Waals surface area contributed by atoms with Gasteiger partial charge in [-0.1, -0.05) is 30.3 Å². The molecule has 0 aliphatic heterocycles. The van der Waals surface area contributed by atoms with Crippen LogP contribution in [0.3, 0.4) is 0 Å². The summed E-state index contributed by atoms with van der Waals surface area (Å²) in [6.07, 6.45) is 0. The van der Waals surface area contributed by atoms with E-state index in [1.54, 1.807) is 49.8 Å². The number of nitrogens with zero attached hydrogens (tertiary/aromatic N) is 2. The summed E-state index contributed by atoms with van der Waals surface area (Å²) in [6.45, 7) is 2.76. The van der Waals surface area contributed by atoms with Crippen molar-refractivity contribution in [1.82, 2.24) is 9.36 Å². The van der Waals surface area contributed by atoms with Crippen molar-refractivity contribution in [3.05, 3.63) is 75.7 Å². The van der Waals surface area contributed by atoms with Crippen LogP contribution in [-0.4, -0.2) is 33.0 Å². The highest BCUT2D eigenvalue weighted by atomic mass is 16.5. The van der Waals surface area contributed by atoms with Gasteiger partial charge in [0.1, 0.15) is 17.0 Å². The zero-order valence-electron chi connectivity index (χ0n) is 16.3. The number of aryl methyl sites for hydroxylation is 1. The molecule has 2 N–H and O–H groups in total. The summed E-state index contributed by atoms with van der Waals surface area (Å²) < 4.78 is 8.03. The molecule has 1 amide bonds. The molecule has 0 saturated carbocycles. The number of ether oxygens (including phenoxy) is 1. The molecule has 0 atom stereocenters. The summed E-state index contributed by atoms with van der Waals surface area (Å²) in [4.78, 5) is 37.1. The van der Waals surface area contributed by atoms with Gasteiger partial charge in [-0.25, -0.2) is 9.48 Å². The van der Waals surface area contributed by atoms with Crippen LogP contribution in [0, 0.1) is 13.8 Å². The Hall–Kier alpha value is -3.81. The van der Waals surface area contributed by atoms with E-state index in [-0.39, 0.29) is 17.0 Å². The van der Waals surface area contributed by atoms with E-state index in [1.807, 2.05) is 18.2 Å². The van der Waals surface area contributed by atoms with Crippen LogP contribution in [0.1, 0.15) is 21.6 Å². The van der Waals surface area contributed by atoms with E-state index >= 15 is 0 Å². The van der Waals surface area contributed by atoms with Gasteiger partial charge >= 0.3 is 5.97 Å². The number of aromatic hydroxyl groups is 1. The van der Waals surface area contributed by atoms with Crippen molar-refractivity contribution < 1.29 is 19.4 Å². The zero-order chi connectivity index (χ0) is 21.1. The number of amides is 1. The lowest BCUT2D eigenvalue weighted by Gasteiger charge is -2.08. The molecule has 0 radical (unpaired) electrons. The van der Waals surface area contributed by atoms with Gasteiger partial charge in [0.25, 0.3) is 11.5 Å². The first-order valence-electron chi connectivity index (χ1n) is 8.91. The van der Waals surface area contributed by atoms with E-state index in [4.69, 9.17) is 4.74 Å². The molecule has 2 aromatic carbocycles. The first kappa shape index (κ1) is 19.9. The number of nitrogens with one attached hydrogen (secondary N) is 1. The lowest BCUT2D eigenvalue weighted by molar-refractivity contribution is -0.119. The fourth-order valence-corrected chi connectivity index (χ4v) is 2.92. The topological polar surface area (TPSA) is 103 Å². The second-order valence-electron chi connectivity index (χ2n) is 6.53. The Kier molecular flexibility index (Phi) is 5.54. The van der Waals surface area contributed by atoms with Gasteiger partial charge in [0, 0.05) is 7.05 Å². The number of hydrogen-bond donors (Lipinski definition) is 2. The van der Waals surface area contributed by atoms with Gasteiger partial charge in [0.2, 0.25) is 0 Å². The SMILES string of the molecule is Cc1cccc(C(=O)OCC(=O)Nc2c(C)n(C)n(-c3ccccc3)c2=O)c1O. The maximum Gasteiger partial charge on any atom is 0.342 e. The van der Waals surface area contributed by atoms with E-state index in [0.29, 0.717) is 16.9 Å². The summed E-state index contributed by atoms with van der Waals surface area (Å²) in [6, 6.07) is 13.7. The van der Waals surface area contributed by atoms with E-state index < -0.39 is 24.0 Å². The maximum atomic E-state index is 12.8. The molecule has 1 heterocycles. The van der Waals surface area contributed by atoms with E-state index in [1.165, 1.54) is 10.7 Å². The molecule has 0 saturated heterocycles. The maximum absolute atomic E-state index is 12.8. The molecular weight excluding hydrogens is 374 g/mol. The number of carbonyl (C=O) groups is 2. The van der Waals surface area contributed by atoms with Crippen LogP contribution in [0.5, 0.6) is 5.75 Å². The zero-order valence-corrected chi connectivity index (χ0v) is 16.3. The van der Waals surface area contributed by atoms with Gasteiger partial charge in [-0.3, -0.25) is 14.3 Å². The molecule has 0 aliphatic rings. The molecule has 3 aromatic rings. The molecule has 8 nitrogen and oxygen atoms in total. The fourth-order valence-electron chi connectivity index (χ4n) is 2.92. The molecule has 0 bridgehead atoms. The highest BCUT2D eigenvalue weighted by molar-refractivity contribution is 5.97. The van der Waals surface area contributed by atoms with Crippen LogP contribution >= 0.6 is 0 Å². The van der Waals surface area contributed by atoms with Crippen LogP contribution in [0.25, 0.3) is 5.69 Å². The minimum atomic E-state index is -0.826. The van der Waals surface area contributed by atoms with Gasteiger partial charge in [-0.2, -0.15) is 0 Å². The molecule has 0 spiro atoms. The van der Waals surface area contributed by atoms with Crippen LogP contribution in [0.4, 0.5) is 5.69 Å². The summed E-state index contributed by atoms with van der Waals surface area (Å²) in [5.74, 6) is -1.67. The van der Waals surface area contributed by atoms with Gasteiger partial charge in [0.05, 0.1) is 11.4 Å². The largest absolute Gasteiger partial charge is 0.507 e. The molecule has 1 aromatic heterocycles. The second kappa shape index (κ2) is 8.05. The van der Waals surface area contributed by atoms with Gasteiger partial charge in [-0.15, -0.1) is 0 Å². The van der Waals surface area contributed by atoms with Crippen LogP contribution in [0.2, 0.25) is 0 Å². The first-order valence-corrected chi connectivity index (χ1v) is 8.91. The predicted octanol–water partition coefficient (Wildman–Crippen LogP) is 2.29. The molecule has 8 heteroatoms. The molecule has 0 unspecified atom stereocenters. The third-order valence-electron chi connectivity index (χ3n) is 4.61. The van der Waals surface area contributed by atoms with Crippen LogP contribution in [-0.2, 0) is 16.6 Å². The predicted molar refractivity (Wildman–Crippen MR) is 108 cm³/mol. The number of carbonyl (C=O) groups excluding carboxylic acids is 2. The Morgan fingerprint density at radius 2 is 1.76 bits per heavy atom. The summed E-state index contributed by atoms with van der Waals surface area (Å²) in [5.41, 5.74) is 1.41. The van der Waals surface area contributed by atoms with Crippen molar-refractivity contribution in [3.63, 3.8) is 0 Å². The third-order valence-corrected chi connectivity index (χ3v) is 4.61. The molecule has 29 heavy (non-hydrogen) atoms. The Morgan fingerprint density at radius 1 is 1.07 bits per heavy atom. The fraction of sp³-hybridized carbons (Fsp3) is 0.190. The number of phenols is 1. The Balaban J connectivity index is 1.74. The van der Waals surface area contributed by atoms with Crippen LogP contribution < -0.4 is 10.9 Å². The van der Waals surface area contributed by atoms with Crippen molar-refractivity contribution in [1.29, 1.82) is 0 Å². The lowest BCUT2D eigenvalue weighted by atomic mass is 10.1. The van der Waals surface area contributed by atoms with E-state index in [9.17, 15) is 19.5 Å². The van der Waals surface area contributed by atoms with Gasteiger partial charge < -0.3 is 15.2 Å². The standard InChI is InChI=1S/C21H21N3O5/c1-13-8-7-11-16(19(13)26)21(28)29-12-17(25)22-18-14(2)23(3)24(20(18)27)15-9-5-4-6-10-15/h4-11,26H,12H2,1-3H3,(H,22,25). The van der Waals surface area contributed by atoms with Gasteiger partial charge in [0.15, 0.2) is 6.61 Å². The number of esters is 1. The monoisotopic (exact) mass is 395 g/mol. The van der Waals surface area contributed by atoms with Gasteiger partial charge in [-0.05, 0) is 37.6 Å². The highest BCUT2D eigenvalue weighted by Gasteiger charge is 2.20. The molecule has 0 fully saturated rings. The quantitative estimate of drug-likeness (QED) is 0.646. The van der Waals surface area contributed by atoms with Crippen molar-refractivity contribution in [2.75, 3.05) is 11.9 Å². The van der Waals surface area contributed by atoms with Crippen molar-refractivity contribution >= 4 is 17.6 Å². The summed E-state index contributed by atoms with van der Waals surface area (Å²) in [5, 5.41) is 12.4. The highest BCUT2D eigenvalue weighted by Crippen LogP contribution is 2.22. The normalized spacial score (nSPS) is 10.6. The number of para-hydroxylation sites is 2. The molecule has 0 aliphatic carbocycles. The summed E-state index contributed by atoms with van der Waals surface area (Å²) in [7, 11) is 1.71. The molecule has 150 valence electrons. The second-order valence-corrected chi connectivity index (χ2v) is 6.53. The van der Waals surface area contributed by atoms with E-state index in [0.717, 1.165) is 0 Å². The summed E-state index contributed by atoms with van der Waals surface area (Å²) >= 11 is 0. The third kappa shape index (κ3) is 3.91. The number of anilines is 1. The minimum absolute atomic E-state index is 0.0277. The Bertz CT molecular complexity index is 1130. The molecule has 3 rings (SSSR count). The first-order chi connectivity index (χ1) is 13.8. The van der Waals surface area contributed by atoms with Crippen molar-refractivity contribution in [3.8, 4) is 11.4 Å². The Labute approximate surface area is 166 Å². The van der Waals surface area contributed by atoms with E-state index in [2.05, 4.69) is 5.32 Å². The van der Waals surface area contributed by atoms with Crippen molar-refractivity contribution in [2.24, 2.45) is 7.05 Å².